The van der Waals surface area contributed by atoms with Crippen molar-refractivity contribution < 1.29 is 37.2 Å². The lowest BCUT2D eigenvalue weighted by atomic mass is 9.80. The zero-order valence-corrected chi connectivity index (χ0v) is 43.5. The topological polar surface area (TPSA) is 184 Å². The predicted molar refractivity (Wildman–Crippen MR) is 266 cm³/mol. The van der Waals surface area contributed by atoms with Crippen LogP contribution in [0.15, 0.2) is 90.0 Å². The summed E-state index contributed by atoms with van der Waals surface area (Å²) in [6, 6.07) is 27.8. The fraction of sp³-hybridized carbons (Fsp3) is 0.500. The molecule has 6 rings (SSSR count). The number of aromatic amines is 1. The number of nitrogens with one attached hydrogen (secondary N) is 2. The molecule has 0 bridgehead atoms. The number of nitriles is 1. The third-order valence-corrected chi connectivity index (χ3v) is 19.1. The van der Waals surface area contributed by atoms with Crippen molar-refractivity contribution in [3.05, 3.63) is 112 Å². The molecule has 5 aromatic rings. The second kappa shape index (κ2) is 22.2. The van der Waals surface area contributed by atoms with E-state index < -0.39 is 52.5 Å². The Labute approximate surface area is 402 Å². The second-order valence-corrected chi connectivity index (χ2v) is 25.4. The number of imidazole rings is 1. The largest absolute Gasteiger partial charge is 0.497 e. The van der Waals surface area contributed by atoms with E-state index in [0.717, 1.165) is 16.7 Å². The van der Waals surface area contributed by atoms with Gasteiger partial charge in [0.1, 0.15) is 35.4 Å². The van der Waals surface area contributed by atoms with Gasteiger partial charge in [-0.1, -0.05) is 89.2 Å². The number of benzene rings is 3. The Hall–Kier alpha value is -5.02. The molecule has 0 radical (unpaired) electrons. The normalized spacial score (nSPS) is 18.4. The van der Waals surface area contributed by atoms with Gasteiger partial charge >= 0.3 is 0 Å². The molecular formula is C50H68N7O9PSi. The summed E-state index contributed by atoms with van der Waals surface area (Å²) in [5.74, 6) is 0.647. The van der Waals surface area contributed by atoms with Gasteiger partial charge in [0.15, 0.2) is 25.7 Å². The minimum atomic E-state index is -2.70. The number of carbonyl (C=O) groups excluding carboxylic acids is 1. The van der Waals surface area contributed by atoms with Crippen molar-refractivity contribution in [1.29, 1.82) is 5.26 Å². The van der Waals surface area contributed by atoms with E-state index in [1.54, 1.807) is 32.6 Å². The van der Waals surface area contributed by atoms with Gasteiger partial charge in [-0.3, -0.25) is 24.5 Å². The average Bonchev–Trinajstić information content (AvgIpc) is 3.87. The molecule has 3 aromatic carbocycles. The van der Waals surface area contributed by atoms with Gasteiger partial charge in [0.2, 0.25) is 11.9 Å². The number of methoxy groups -OCH3 is 2. The zero-order valence-electron chi connectivity index (χ0n) is 41.6. The molecule has 0 aliphatic carbocycles. The van der Waals surface area contributed by atoms with E-state index in [4.69, 9.17) is 37.4 Å². The number of aromatic nitrogens is 4. The van der Waals surface area contributed by atoms with Gasteiger partial charge < -0.3 is 32.4 Å². The molecule has 3 heterocycles. The molecule has 1 amide bonds. The lowest BCUT2D eigenvalue weighted by Gasteiger charge is -2.42. The number of hydrogen-bond donors (Lipinski definition) is 2. The lowest BCUT2D eigenvalue weighted by molar-refractivity contribution is -0.118. The molecule has 16 nitrogen and oxygen atoms in total. The maximum Gasteiger partial charge on any atom is 0.280 e. The number of nitrogens with zero attached hydrogens (tertiary/aromatic N) is 5. The molecule has 5 atom stereocenters. The summed E-state index contributed by atoms with van der Waals surface area (Å²) in [6.07, 6.45) is -1.90. The van der Waals surface area contributed by atoms with Gasteiger partial charge in [-0.15, -0.1) is 0 Å². The minimum absolute atomic E-state index is 0.0142. The van der Waals surface area contributed by atoms with Crippen LogP contribution in [0.1, 0.15) is 91.7 Å². The van der Waals surface area contributed by atoms with Crippen LogP contribution >= 0.6 is 8.53 Å². The first-order valence-corrected chi connectivity index (χ1v) is 27.1. The smallest absolute Gasteiger partial charge is 0.280 e. The molecule has 68 heavy (non-hydrogen) atoms. The van der Waals surface area contributed by atoms with E-state index in [9.17, 15) is 14.9 Å². The van der Waals surface area contributed by atoms with Crippen LogP contribution < -0.4 is 20.3 Å². The maximum absolute atomic E-state index is 13.6. The Kier molecular flexibility index (Phi) is 17.1. The van der Waals surface area contributed by atoms with E-state index in [2.05, 4.69) is 87.6 Å². The van der Waals surface area contributed by atoms with E-state index in [1.807, 2.05) is 78.9 Å². The van der Waals surface area contributed by atoms with Crippen molar-refractivity contribution in [2.24, 2.45) is 5.92 Å². The Morgan fingerprint density at radius 1 is 0.912 bits per heavy atom. The van der Waals surface area contributed by atoms with E-state index in [-0.39, 0.29) is 65.7 Å². The molecule has 1 aliphatic rings. The van der Waals surface area contributed by atoms with Gasteiger partial charge in [0.05, 0.1) is 46.3 Å². The Balaban J connectivity index is 1.59. The number of carbonyl (C=O) groups is 1. The van der Waals surface area contributed by atoms with Crippen LogP contribution in [0, 0.1) is 17.2 Å². The molecule has 0 saturated carbocycles. The van der Waals surface area contributed by atoms with E-state index in [0.29, 0.717) is 11.5 Å². The third kappa shape index (κ3) is 11.4. The van der Waals surface area contributed by atoms with Crippen LogP contribution in [0.25, 0.3) is 11.2 Å². The molecular weight excluding hydrogens is 902 g/mol. The van der Waals surface area contributed by atoms with E-state index >= 15 is 0 Å². The van der Waals surface area contributed by atoms with Crippen molar-refractivity contribution in [2.45, 2.75) is 129 Å². The summed E-state index contributed by atoms with van der Waals surface area (Å²) in [6.45, 7) is 22.7. The number of hydrogen-bond acceptors (Lipinski definition) is 13. The molecule has 1 unspecified atom stereocenters. The lowest BCUT2D eigenvalue weighted by Crippen LogP contribution is -2.50. The van der Waals surface area contributed by atoms with Gasteiger partial charge in [-0.05, 0) is 86.8 Å². The highest BCUT2D eigenvalue weighted by atomic mass is 31.2. The number of H-pyrrole nitrogens is 1. The average molecular weight is 970 g/mol. The summed E-state index contributed by atoms with van der Waals surface area (Å²) in [4.78, 5) is 38.5. The van der Waals surface area contributed by atoms with Crippen molar-refractivity contribution in [2.75, 3.05) is 32.8 Å². The second-order valence-electron chi connectivity index (χ2n) is 19.2. The fourth-order valence-corrected chi connectivity index (χ4v) is 11.0. The highest BCUT2D eigenvalue weighted by Crippen LogP contribution is 2.53. The van der Waals surface area contributed by atoms with Gasteiger partial charge in [-0.25, -0.2) is 9.65 Å². The first-order valence-electron chi connectivity index (χ1n) is 23.1. The van der Waals surface area contributed by atoms with Crippen molar-refractivity contribution in [3.8, 4) is 17.6 Å². The minimum Gasteiger partial charge on any atom is -0.497 e. The molecule has 366 valence electrons. The van der Waals surface area contributed by atoms with Gasteiger partial charge in [0.25, 0.3) is 14.1 Å². The number of ether oxygens (including phenoxy) is 4. The zero-order chi connectivity index (χ0) is 49.6. The molecule has 1 saturated heterocycles. The van der Waals surface area contributed by atoms with Crippen molar-refractivity contribution in [3.63, 3.8) is 0 Å². The van der Waals surface area contributed by atoms with Crippen LogP contribution in [0.5, 0.6) is 11.5 Å². The quantitative estimate of drug-likeness (QED) is 0.0307. The Morgan fingerprint density at radius 3 is 2.00 bits per heavy atom. The van der Waals surface area contributed by atoms with Crippen LogP contribution in [0.4, 0.5) is 5.95 Å². The summed E-state index contributed by atoms with van der Waals surface area (Å²) < 4.78 is 51.3. The summed E-state index contributed by atoms with van der Waals surface area (Å²) in [7, 11) is -1.30. The number of anilines is 1. The monoisotopic (exact) mass is 969 g/mol. The SMILES string of the molecule is COc1ccc(C(OC[C@H]2O[C@@H](n3cnc4c(=O)[nH]c(NC(=O)C(C)C)nc43)[C@H](O[Si](C)(C)C(C)(C)C)[C@@H]2OP(OCCC#N)N(C(C)C)C(C)C)(c2ccccc2)c2ccc(OC)cc2)cc1. The highest BCUT2D eigenvalue weighted by molar-refractivity contribution is 7.44. The van der Waals surface area contributed by atoms with Gasteiger partial charge in [-0.2, -0.15) is 10.2 Å². The van der Waals surface area contributed by atoms with E-state index in [1.165, 1.54) is 6.33 Å². The Bertz CT molecular complexity index is 2490. The molecule has 1 aliphatic heterocycles. The highest BCUT2D eigenvalue weighted by Gasteiger charge is 2.54. The van der Waals surface area contributed by atoms with Crippen LogP contribution in [-0.2, 0) is 33.3 Å². The molecule has 2 aromatic heterocycles. The molecule has 18 heteroatoms. The molecule has 0 spiro atoms. The number of amides is 1. The van der Waals surface area contributed by atoms with Crippen molar-refractivity contribution in [1.82, 2.24) is 24.2 Å². The van der Waals surface area contributed by atoms with Gasteiger partial charge in [0, 0.05) is 18.0 Å². The summed E-state index contributed by atoms with van der Waals surface area (Å²) in [5, 5.41) is 12.1. The summed E-state index contributed by atoms with van der Waals surface area (Å²) in [5.41, 5.74) is 0.963. The fourth-order valence-electron chi connectivity index (χ4n) is 7.95. The number of rotatable bonds is 21. The third-order valence-electron chi connectivity index (χ3n) is 12.5. The first-order chi connectivity index (χ1) is 32.3. The first kappa shape index (κ1) is 52.4. The van der Waals surface area contributed by atoms with Crippen LogP contribution in [0.3, 0.4) is 0 Å². The summed E-state index contributed by atoms with van der Waals surface area (Å²) >= 11 is 0. The molecule has 2 N–H and O–H groups in total. The van der Waals surface area contributed by atoms with Crippen molar-refractivity contribution >= 4 is 39.9 Å². The standard InChI is InChI=1S/C50H68N7O9PSi/c1-32(2)45(58)54-48-53-44-41(46(59)55-48)52-31-56(44)47-43(66-68(12,13)49(7,8)9)42(65-67(63-29-17-28-51)57(33(3)4)34(5)6)40(64-47)30-62-50(35-18-15-14-16-19-35,36-20-24-38(60-10)25-21-36)37-22-26-39(61-11)27-23-37/h14-16,18-27,31-34,40,42-43,47H,17,29-30H2,1-13H3,(H2,53,54,55,58,59)/t40-,42-,43-,47-,67?/m1/s1. The molecule has 1 fully saturated rings. The maximum atomic E-state index is 13.6. The predicted octanol–water partition coefficient (Wildman–Crippen LogP) is 9.69. The Morgan fingerprint density at radius 2 is 1.49 bits per heavy atom. The number of fused-ring (bicyclic) bond motifs is 1. The van der Waals surface area contributed by atoms with Crippen LogP contribution in [0.2, 0.25) is 18.1 Å². The van der Waals surface area contributed by atoms with Crippen LogP contribution in [-0.4, -0.2) is 96.2 Å².